The summed E-state index contributed by atoms with van der Waals surface area (Å²) in [6, 6.07) is 10.3. The summed E-state index contributed by atoms with van der Waals surface area (Å²) in [6.45, 7) is 3.94. The Bertz CT molecular complexity index is 884. The zero-order chi connectivity index (χ0) is 20.5. The molecule has 0 saturated heterocycles. The van der Waals surface area contributed by atoms with Crippen molar-refractivity contribution in [2.45, 2.75) is 38.1 Å². The zero-order valence-corrected chi connectivity index (χ0v) is 16.5. The lowest BCUT2D eigenvalue weighted by Gasteiger charge is -2.38. The fourth-order valence-electron chi connectivity index (χ4n) is 3.19. The molecule has 0 radical (unpaired) electrons. The summed E-state index contributed by atoms with van der Waals surface area (Å²) in [6.07, 6.45) is -3.79. The molecule has 1 aliphatic rings. The van der Waals surface area contributed by atoms with E-state index in [1.165, 1.54) is 12.1 Å². The van der Waals surface area contributed by atoms with Crippen LogP contribution in [0.2, 0.25) is 0 Å². The number of hydrogen-bond acceptors (Lipinski definition) is 3. The first-order valence-corrected chi connectivity index (χ1v) is 9.10. The van der Waals surface area contributed by atoms with Crippen LogP contribution in [0.15, 0.2) is 42.5 Å². The Morgan fingerprint density at radius 3 is 2.64 bits per heavy atom. The van der Waals surface area contributed by atoms with E-state index in [0.717, 1.165) is 23.4 Å². The number of benzene rings is 2. The van der Waals surface area contributed by atoms with Crippen molar-refractivity contribution in [3.63, 3.8) is 0 Å². The molecule has 4 nitrogen and oxygen atoms in total. The molecule has 0 bridgehead atoms. The Labute approximate surface area is 167 Å². The van der Waals surface area contributed by atoms with Crippen molar-refractivity contribution < 1.29 is 22.6 Å². The van der Waals surface area contributed by atoms with Crippen molar-refractivity contribution in [1.82, 2.24) is 5.32 Å². The van der Waals surface area contributed by atoms with Crippen LogP contribution in [0, 0.1) is 0 Å². The van der Waals surface area contributed by atoms with Crippen molar-refractivity contribution in [1.29, 1.82) is 0 Å². The normalized spacial score (nSPS) is 17.9. The highest BCUT2D eigenvalue weighted by Gasteiger charge is 2.34. The standard InChI is InChI=1S/C20H21F3N2O2S/c1-19(2)11-16(15-10-14(26-3)7-8-17(15)27-19)25-18(28)24-13-6-4-5-12(9-13)20(21,22)23/h4-10,16H,11H2,1-3H3,(H2,24,25,28)/t16-/m0/s1. The first-order valence-electron chi connectivity index (χ1n) is 8.69. The van der Waals surface area contributed by atoms with E-state index in [1.807, 2.05) is 32.0 Å². The number of halogens is 3. The van der Waals surface area contributed by atoms with Gasteiger partial charge in [-0.1, -0.05) is 6.07 Å². The highest BCUT2D eigenvalue weighted by molar-refractivity contribution is 7.80. The predicted octanol–water partition coefficient (Wildman–Crippen LogP) is 5.30. The van der Waals surface area contributed by atoms with Gasteiger partial charge in [0, 0.05) is 17.7 Å². The van der Waals surface area contributed by atoms with Crippen molar-refractivity contribution in [3.8, 4) is 11.5 Å². The maximum atomic E-state index is 12.9. The van der Waals surface area contributed by atoms with Gasteiger partial charge in [-0.25, -0.2) is 0 Å². The van der Waals surface area contributed by atoms with E-state index in [9.17, 15) is 13.2 Å². The molecule has 1 atom stereocenters. The van der Waals surface area contributed by atoms with Gasteiger partial charge >= 0.3 is 6.18 Å². The molecule has 28 heavy (non-hydrogen) atoms. The van der Waals surface area contributed by atoms with E-state index >= 15 is 0 Å². The number of alkyl halides is 3. The maximum absolute atomic E-state index is 12.9. The molecule has 0 fully saturated rings. The van der Waals surface area contributed by atoms with Gasteiger partial charge < -0.3 is 20.1 Å². The highest BCUT2D eigenvalue weighted by Crippen LogP contribution is 2.41. The van der Waals surface area contributed by atoms with Crippen LogP contribution in [0.4, 0.5) is 18.9 Å². The van der Waals surface area contributed by atoms with E-state index in [1.54, 1.807) is 7.11 Å². The minimum atomic E-state index is -4.41. The van der Waals surface area contributed by atoms with Crippen molar-refractivity contribution in [3.05, 3.63) is 53.6 Å². The fraction of sp³-hybridized carbons (Fsp3) is 0.350. The van der Waals surface area contributed by atoms with Gasteiger partial charge in [-0.05, 0) is 62.5 Å². The van der Waals surface area contributed by atoms with Crippen LogP contribution in [0.5, 0.6) is 11.5 Å². The van der Waals surface area contributed by atoms with E-state index in [-0.39, 0.29) is 16.8 Å². The van der Waals surface area contributed by atoms with Crippen molar-refractivity contribution >= 4 is 23.0 Å². The zero-order valence-electron chi connectivity index (χ0n) is 15.7. The van der Waals surface area contributed by atoms with Gasteiger partial charge in [0.2, 0.25) is 0 Å². The average Bonchev–Trinajstić information content (AvgIpc) is 2.60. The number of ether oxygens (including phenoxy) is 2. The molecule has 0 aromatic heterocycles. The molecule has 2 N–H and O–H groups in total. The number of fused-ring (bicyclic) bond motifs is 1. The number of methoxy groups -OCH3 is 1. The van der Waals surface area contributed by atoms with E-state index in [0.29, 0.717) is 12.2 Å². The molecule has 8 heteroatoms. The summed E-state index contributed by atoms with van der Waals surface area (Å²) in [4.78, 5) is 0. The van der Waals surface area contributed by atoms with Crippen LogP contribution >= 0.6 is 12.2 Å². The first-order chi connectivity index (χ1) is 13.1. The number of hydrogen-bond donors (Lipinski definition) is 2. The van der Waals surface area contributed by atoms with Gasteiger partial charge in [0.25, 0.3) is 0 Å². The van der Waals surface area contributed by atoms with Gasteiger partial charge in [-0.2, -0.15) is 13.2 Å². The van der Waals surface area contributed by atoms with Crippen LogP contribution in [0.25, 0.3) is 0 Å². The predicted molar refractivity (Wildman–Crippen MR) is 106 cm³/mol. The average molecular weight is 410 g/mol. The van der Waals surface area contributed by atoms with Crippen molar-refractivity contribution in [2.75, 3.05) is 12.4 Å². The summed E-state index contributed by atoms with van der Waals surface area (Å²) in [5, 5.41) is 6.26. The van der Waals surface area contributed by atoms with Crippen LogP contribution in [-0.2, 0) is 6.18 Å². The number of anilines is 1. The Morgan fingerprint density at radius 2 is 1.96 bits per heavy atom. The summed E-state index contributed by atoms with van der Waals surface area (Å²) in [5.41, 5.74) is -0.00982. The molecule has 3 rings (SSSR count). The molecule has 0 unspecified atom stereocenters. The molecule has 0 aliphatic carbocycles. The Hall–Kier alpha value is -2.48. The monoisotopic (exact) mass is 410 g/mol. The fourth-order valence-corrected chi connectivity index (χ4v) is 3.45. The maximum Gasteiger partial charge on any atom is 0.416 e. The van der Waals surface area contributed by atoms with Crippen LogP contribution < -0.4 is 20.1 Å². The number of thiocarbonyl (C=S) groups is 1. The van der Waals surface area contributed by atoms with Gasteiger partial charge in [-0.15, -0.1) is 0 Å². The SMILES string of the molecule is COc1ccc2c(c1)[C@@H](NC(=S)Nc1cccc(C(F)(F)F)c1)CC(C)(C)O2. The van der Waals surface area contributed by atoms with Crippen LogP contribution in [0.3, 0.4) is 0 Å². The topological polar surface area (TPSA) is 42.5 Å². The molecule has 150 valence electrons. The van der Waals surface area contributed by atoms with E-state index in [2.05, 4.69) is 10.6 Å². The first kappa shape index (κ1) is 20.3. The Kier molecular flexibility index (Phi) is 5.43. The van der Waals surface area contributed by atoms with E-state index < -0.39 is 17.3 Å². The molecule has 0 amide bonds. The molecule has 0 saturated carbocycles. The Morgan fingerprint density at radius 1 is 1.21 bits per heavy atom. The number of rotatable bonds is 3. The minimum absolute atomic E-state index is 0.181. The third-order valence-corrected chi connectivity index (χ3v) is 4.65. The third-order valence-electron chi connectivity index (χ3n) is 4.43. The molecule has 2 aromatic carbocycles. The van der Waals surface area contributed by atoms with Crippen LogP contribution in [0.1, 0.15) is 37.4 Å². The lowest BCUT2D eigenvalue weighted by atomic mass is 9.89. The lowest BCUT2D eigenvalue weighted by molar-refractivity contribution is -0.137. The molecule has 0 spiro atoms. The van der Waals surface area contributed by atoms with Gasteiger partial charge in [0.1, 0.15) is 17.1 Å². The minimum Gasteiger partial charge on any atom is -0.497 e. The number of nitrogens with one attached hydrogen (secondary N) is 2. The highest BCUT2D eigenvalue weighted by atomic mass is 32.1. The van der Waals surface area contributed by atoms with E-state index in [4.69, 9.17) is 21.7 Å². The van der Waals surface area contributed by atoms with Crippen molar-refractivity contribution in [2.24, 2.45) is 0 Å². The third kappa shape index (κ3) is 4.67. The summed E-state index contributed by atoms with van der Waals surface area (Å²) in [5.74, 6) is 1.40. The largest absolute Gasteiger partial charge is 0.497 e. The second kappa shape index (κ2) is 7.50. The van der Waals surface area contributed by atoms with Gasteiger partial charge in [0.05, 0.1) is 18.7 Å². The molecule has 2 aromatic rings. The lowest BCUT2D eigenvalue weighted by Crippen LogP contribution is -2.42. The van der Waals surface area contributed by atoms with Crippen LogP contribution in [-0.4, -0.2) is 17.8 Å². The second-order valence-corrected chi connectivity index (χ2v) is 7.61. The smallest absolute Gasteiger partial charge is 0.416 e. The molecular weight excluding hydrogens is 389 g/mol. The van der Waals surface area contributed by atoms with Gasteiger partial charge in [0.15, 0.2) is 5.11 Å². The molecule has 1 heterocycles. The van der Waals surface area contributed by atoms with Gasteiger partial charge in [-0.3, -0.25) is 0 Å². The molecular formula is C20H21F3N2O2S. The second-order valence-electron chi connectivity index (χ2n) is 7.20. The summed E-state index contributed by atoms with van der Waals surface area (Å²) >= 11 is 5.34. The molecule has 1 aliphatic heterocycles. The Balaban J connectivity index is 1.79. The summed E-state index contributed by atoms with van der Waals surface area (Å²) in [7, 11) is 1.58. The summed E-state index contributed by atoms with van der Waals surface area (Å²) < 4.78 is 50.0. The quantitative estimate of drug-likeness (QED) is 0.672.